The molecule has 1 heterocycles. The number of halogens is 1. The maximum absolute atomic E-state index is 10.3. The van der Waals surface area contributed by atoms with E-state index in [2.05, 4.69) is 15.3 Å². The first-order valence-corrected chi connectivity index (χ1v) is 6.42. The summed E-state index contributed by atoms with van der Waals surface area (Å²) in [6, 6.07) is 0. The first-order valence-electron chi connectivity index (χ1n) is 6.04. The molecule has 1 aliphatic rings. The fourth-order valence-electron chi connectivity index (χ4n) is 2.21. The summed E-state index contributed by atoms with van der Waals surface area (Å²) in [5.41, 5.74) is -0.611. The highest BCUT2D eigenvalue weighted by molar-refractivity contribution is 6.32. The molecule has 0 amide bonds. The van der Waals surface area contributed by atoms with Gasteiger partial charge < -0.3 is 10.4 Å². The highest BCUT2D eigenvalue weighted by Gasteiger charge is 2.29. The van der Waals surface area contributed by atoms with Crippen LogP contribution in [0.3, 0.4) is 0 Å². The summed E-state index contributed by atoms with van der Waals surface area (Å²) in [5.74, 6) is 1.28. The molecular formula is C12H18ClN3O. The van der Waals surface area contributed by atoms with Crippen LogP contribution >= 0.6 is 11.6 Å². The number of nitrogens with zero attached hydrogens (tertiary/aromatic N) is 2. The van der Waals surface area contributed by atoms with E-state index >= 15 is 0 Å². The molecule has 1 fully saturated rings. The van der Waals surface area contributed by atoms with Crippen molar-refractivity contribution >= 4 is 17.4 Å². The fraction of sp³-hybridized carbons (Fsp3) is 0.667. The predicted molar refractivity (Wildman–Crippen MR) is 68.3 cm³/mol. The van der Waals surface area contributed by atoms with E-state index in [1.165, 1.54) is 6.42 Å². The summed E-state index contributed by atoms with van der Waals surface area (Å²) in [6.45, 7) is 2.32. The highest BCUT2D eigenvalue weighted by atomic mass is 35.5. The number of anilines is 1. The van der Waals surface area contributed by atoms with Crippen LogP contribution in [0, 0.1) is 6.92 Å². The molecule has 0 bridgehead atoms. The quantitative estimate of drug-likeness (QED) is 0.872. The minimum Gasteiger partial charge on any atom is -0.388 e. The molecule has 1 aromatic heterocycles. The molecule has 0 unspecified atom stereocenters. The first kappa shape index (κ1) is 12.6. The maximum Gasteiger partial charge on any atom is 0.148 e. The number of rotatable bonds is 3. The number of aryl methyl sites for hydroxylation is 1. The Kier molecular flexibility index (Phi) is 3.84. The minimum absolute atomic E-state index is 0.495. The zero-order chi connectivity index (χ0) is 12.3. The molecule has 1 aliphatic carbocycles. The van der Waals surface area contributed by atoms with Crippen LogP contribution in [-0.2, 0) is 0 Å². The molecule has 2 rings (SSSR count). The topological polar surface area (TPSA) is 58.0 Å². The van der Waals surface area contributed by atoms with Gasteiger partial charge in [0.15, 0.2) is 0 Å². The summed E-state index contributed by atoms with van der Waals surface area (Å²) in [4.78, 5) is 8.23. The van der Waals surface area contributed by atoms with Crippen LogP contribution in [0.4, 0.5) is 5.82 Å². The second kappa shape index (κ2) is 5.19. The van der Waals surface area contributed by atoms with Gasteiger partial charge in [0.2, 0.25) is 0 Å². The number of hydrogen-bond donors (Lipinski definition) is 2. The van der Waals surface area contributed by atoms with Gasteiger partial charge in [0.05, 0.1) is 11.8 Å². The lowest BCUT2D eigenvalue weighted by Gasteiger charge is -2.32. The van der Waals surface area contributed by atoms with Gasteiger partial charge in [-0.25, -0.2) is 9.97 Å². The van der Waals surface area contributed by atoms with Crippen LogP contribution in [-0.4, -0.2) is 27.2 Å². The number of nitrogens with one attached hydrogen (secondary N) is 1. The molecule has 1 saturated carbocycles. The van der Waals surface area contributed by atoms with Gasteiger partial charge >= 0.3 is 0 Å². The largest absolute Gasteiger partial charge is 0.388 e. The first-order chi connectivity index (χ1) is 8.09. The Bertz CT molecular complexity index is 391. The van der Waals surface area contributed by atoms with E-state index in [-0.39, 0.29) is 0 Å². The van der Waals surface area contributed by atoms with Gasteiger partial charge in [-0.15, -0.1) is 0 Å². The van der Waals surface area contributed by atoms with Gasteiger partial charge in [-0.05, 0) is 19.8 Å². The van der Waals surface area contributed by atoms with Crippen LogP contribution in [0.5, 0.6) is 0 Å². The van der Waals surface area contributed by atoms with Gasteiger partial charge in [-0.1, -0.05) is 30.9 Å². The standard InChI is InChI=1S/C12H18ClN3O/c1-9-14-7-10(13)11(16-9)15-8-12(17)5-3-2-4-6-12/h7,17H,2-6,8H2,1H3,(H,14,15,16). The van der Waals surface area contributed by atoms with E-state index in [1.54, 1.807) is 6.20 Å². The Balaban J connectivity index is 1.99. The lowest BCUT2D eigenvalue weighted by atomic mass is 9.85. The summed E-state index contributed by atoms with van der Waals surface area (Å²) in [5, 5.41) is 14.0. The lowest BCUT2D eigenvalue weighted by molar-refractivity contribution is 0.0166. The van der Waals surface area contributed by atoms with Crippen LogP contribution in [0.1, 0.15) is 37.9 Å². The maximum atomic E-state index is 10.3. The Labute approximate surface area is 106 Å². The van der Waals surface area contributed by atoms with Crippen LogP contribution in [0.15, 0.2) is 6.20 Å². The van der Waals surface area contributed by atoms with Crippen molar-refractivity contribution in [3.8, 4) is 0 Å². The van der Waals surface area contributed by atoms with E-state index in [9.17, 15) is 5.11 Å². The second-order valence-electron chi connectivity index (χ2n) is 4.75. The van der Waals surface area contributed by atoms with E-state index < -0.39 is 5.60 Å². The Morgan fingerprint density at radius 1 is 1.41 bits per heavy atom. The molecule has 17 heavy (non-hydrogen) atoms. The van der Waals surface area contributed by atoms with Crippen LogP contribution < -0.4 is 5.32 Å². The predicted octanol–water partition coefficient (Wildman–Crippen LogP) is 2.55. The molecule has 94 valence electrons. The zero-order valence-corrected chi connectivity index (χ0v) is 10.8. The average molecular weight is 256 g/mol. The van der Waals surface area contributed by atoms with Crippen LogP contribution in [0.25, 0.3) is 0 Å². The SMILES string of the molecule is Cc1ncc(Cl)c(NCC2(O)CCCCC2)n1. The molecule has 0 saturated heterocycles. The number of aliphatic hydroxyl groups is 1. The van der Waals surface area contributed by atoms with Crippen molar-refractivity contribution in [1.82, 2.24) is 9.97 Å². The third-order valence-electron chi connectivity index (χ3n) is 3.23. The van der Waals surface area contributed by atoms with Gasteiger partial charge in [0, 0.05) is 6.54 Å². The Hall–Kier alpha value is -0.870. The van der Waals surface area contributed by atoms with E-state index in [1.807, 2.05) is 6.92 Å². The molecule has 0 aromatic carbocycles. The van der Waals surface area contributed by atoms with Gasteiger partial charge in [0.1, 0.15) is 16.7 Å². The van der Waals surface area contributed by atoms with Gasteiger partial charge in [0.25, 0.3) is 0 Å². The monoisotopic (exact) mass is 255 g/mol. The molecule has 0 aliphatic heterocycles. The summed E-state index contributed by atoms with van der Waals surface area (Å²) < 4.78 is 0. The second-order valence-corrected chi connectivity index (χ2v) is 5.16. The highest BCUT2D eigenvalue weighted by Crippen LogP contribution is 2.28. The molecule has 1 aromatic rings. The average Bonchev–Trinajstić information content (AvgIpc) is 2.31. The van der Waals surface area contributed by atoms with Crippen molar-refractivity contribution in [2.75, 3.05) is 11.9 Å². The molecule has 5 heteroatoms. The summed E-state index contributed by atoms with van der Waals surface area (Å²) in [7, 11) is 0. The minimum atomic E-state index is -0.611. The van der Waals surface area contributed by atoms with E-state index in [4.69, 9.17) is 11.6 Å². The van der Waals surface area contributed by atoms with Crippen molar-refractivity contribution < 1.29 is 5.11 Å². The summed E-state index contributed by atoms with van der Waals surface area (Å²) >= 11 is 5.99. The molecule has 0 atom stereocenters. The third-order valence-corrected chi connectivity index (χ3v) is 3.51. The lowest BCUT2D eigenvalue weighted by Crippen LogP contribution is -2.39. The summed E-state index contributed by atoms with van der Waals surface area (Å²) in [6.07, 6.45) is 6.68. The molecule has 0 spiro atoms. The van der Waals surface area contributed by atoms with Crippen molar-refractivity contribution in [2.45, 2.75) is 44.6 Å². The van der Waals surface area contributed by atoms with E-state index in [0.29, 0.717) is 23.2 Å². The number of aromatic nitrogens is 2. The van der Waals surface area contributed by atoms with Crippen molar-refractivity contribution in [3.63, 3.8) is 0 Å². The molecule has 4 nitrogen and oxygen atoms in total. The number of hydrogen-bond acceptors (Lipinski definition) is 4. The molecule has 2 N–H and O–H groups in total. The normalized spacial score (nSPS) is 19.0. The smallest absolute Gasteiger partial charge is 0.148 e. The van der Waals surface area contributed by atoms with Crippen LogP contribution in [0.2, 0.25) is 5.02 Å². The molecular weight excluding hydrogens is 238 g/mol. The Morgan fingerprint density at radius 2 is 2.12 bits per heavy atom. The fourth-order valence-corrected chi connectivity index (χ4v) is 2.37. The zero-order valence-electron chi connectivity index (χ0n) is 10.0. The van der Waals surface area contributed by atoms with Gasteiger partial charge in [-0.3, -0.25) is 0 Å². The van der Waals surface area contributed by atoms with Crippen molar-refractivity contribution in [2.24, 2.45) is 0 Å². The van der Waals surface area contributed by atoms with Crippen molar-refractivity contribution in [1.29, 1.82) is 0 Å². The third kappa shape index (κ3) is 3.30. The molecule has 0 radical (unpaired) electrons. The van der Waals surface area contributed by atoms with Gasteiger partial charge in [-0.2, -0.15) is 0 Å². The Morgan fingerprint density at radius 3 is 2.82 bits per heavy atom. The van der Waals surface area contributed by atoms with E-state index in [0.717, 1.165) is 25.7 Å². The van der Waals surface area contributed by atoms with Crippen molar-refractivity contribution in [3.05, 3.63) is 17.0 Å².